The van der Waals surface area contributed by atoms with Crippen LogP contribution < -0.4 is 219 Å². The van der Waals surface area contributed by atoms with Gasteiger partial charge in [0.15, 0.2) is 0 Å². The van der Waals surface area contributed by atoms with Gasteiger partial charge in [-0.3, -0.25) is 0 Å². The second-order valence-electron chi connectivity index (χ2n) is 16.8. The van der Waals surface area contributed by atoms with E-state index in [1.807, 2.05) is 0 Å². The van der Waals surface area contributed by atoms with Crippen LogP contribution in [-0.4, -0.2) is 108 Å². The third kappa shape index (κ3) is 23.9. The van der Waals surface area contributed by atoms with E-state index in [4.69, 9.17) is 33.7 Å². The van der Waals surface area contributed by atoms with Gasteiger partial charge in [0, 0.05) is 11.4 Å². The van der Waals surface area contributed by atoms with Crippen molar-refractivity contribution in [1.82, 2.24) is 29.9 Å². The van der Waals surface area contributed by atoms with Gasteiger partial charge in [0.2, 0.25) is 28.4 Å². The van der Waals surface area contributed by atoms with Crippen LogP contribution in [0.1, 0.15) is 0 Å². The van der Waals surface area contributed by atoms with Crippen LogP contribution >= 0.6 is 23.2 Å². The minimum absolute atomic E-state index is 0. The van der Waals surface area contributed by atoms with Crippen LogP contribution in [0.5, 0.6) is 34.8 Å². The molecule has 479 valence electrons. The Labute approximate surface area is 705 Å². The van der Waals surface area contributed by atoms with Crippen LogP contribution in [0.2, 0.25) is 10.6 Å². The molecule has 52 heteroatoms. The Hall–Kier alpha value is -2.24. The van der Waals surface area contributed by atoms with Crippen LogP contribution in [0, 0.1) is 0 Å². The minimum atomic E-state index is -5.60. The van der Waals surface area contributed by atoms with Gasteiger partial charge in [0.25, 0.3) is 0 Å². The van der Waals surface area contributed by atoms with Crippen molar-refractivity contribution in [1.29, 1.82) is 0 Å². The second-order valence-corrected chi connectivity index (χ2v) is 25.7. The fraction of sp³-hybridized carbons (Fsp3) is 0. The van der Waals surface area contributed by atoms with Crippen LogP contribution in [0.3, 0.4) is 0 Å². The molecule has 0 aliphatic heterocycles. The van der Waals surface area contributed by atoms with Crippen molar-refractivity contribution in [3.8, 4) is 34.8 Å². The predicted octanol–water partition coefficient (Wildman–Crippen LogP) is -15.2. The number of anilines is 5. The second kappa shape index (κ2) is 37.3. The van der Waals surface area contributed by atoms with Gasteiger partial charge >= 0.3 is 217 Å². The zero-order valence-corrected chi connectivity index (χ0v) is 68.9. The number of fused-ring (bicyclic) bond motifs is 2. The average molecular weight is 1630 g/mol. The summed E-state index contributed by atoms with van der Waals surface area (Å²) < 4.78 is 217. The van der Waals surface area contributed by atoms with Crippen molar-refractivity contribution in [2.75, 3.05) is 16.4 Å². The summed E-state index contributed by atoms with van der Waals surface area (Å²) in [5.41, 5.74) is 0.369. The number of hydrogen-bond donors (Lipinski definition) is 3. The number of halogens is 2. The van der Waals surface area contributed by atoms with Crippen molar-refractivity contribution in [3.05, 3.63) is 114 Å². The molecular formula is C44H21Cl2Cu2N13Na6O23S6-. The number of nitrogens with zero attached hydrogens (tertiary/aromatic N) is 10. The van der Waals surface area contributed by atoms with Gasteiger partial charge in [-0.05, 0) is 118 Å². The Balaban J connectivity index is 0.00000175. The van der Waals surface area contributed by atoms with E-state index in [2.05, 4.69) is 61.0 Å². The van der Waals surface area contributed by atoms with E-state index >= 15 is 0 Å². The van der Waals surface area contributed by atoms with Crippen LogP contribution in [0.25, 0.3) is 21.5 Å². The number of nitrogens with one attached hydrogen (secondary N) is 2. The maximum atomic E-state index is 13.7. The fourth-order valence-corrected chi connectivity index (χ4v) is 11.0. The summed E-state index contributed by atoms with van der Waals surface area (Å²) in [7, 11) is -31.8. The molecule has 0 aliphatic rings. The molecule has 36 nitrogen and oxygen atoms in total. The predicted molar refractivity (Wildman–Crippen MR) is 282 cm³/mol. The normalized spacial score (nSPS) is 11.5. The van der Waals surface area contributed by atoms with E-state index in [1.54, 1.807) is 30.3 Å². The number of rotatable bonds is 16. The molecule has 7 aromatic carbocycles. The molecule has 9 rings (SSSR count). The summed E-state index contributed by atoms with van der Waals surface area (Å²) >= 11 is 11.7. The van der Waals surface area contributed by atoms with E-state index in [9.17, 15) is 98.2 Å². The van der Waals surface area contributed by atoms with Gasteiger partial charge in [0.05, 0.1) is 52.1 Å². The molecule has 0 saturated heterocycles. The van der Waals surface area contributed by atoms with Crippen molar-refractivity contribution < 1.29 is 314 Å². The minimum Gasteiger partial charge on any atom is -0.871 e. The van der Waals surface area contributed by atoms with Gasteiger partial charge in [-0.25, -0.2) is 50.5 Å². The van der Waals surface area contributed by atoms with E-state index in [1.165, 1.54) is 0 Å². The zero-order chi connectivity index (χ0) is 64.8. The molecule has 0 saturated carbocycles. The van der Waals surface area contributed by atoms with Crippen molar-refractivity contribution >= 4 is 157 Å². The fourth-order valence-electron chi connectivity index (χ4n) is 7.30. The summed E-state index contributed by atoms with van der Waals surface area (Å²) in [6.45, 7) is 0. The quantitative estimate of drug-likeness (QED) is 0.0459. The first-order valence-electron chi connectivity index (χ1n) is 22.4. The number of benzene rings is 7. The summed E-state index contributed by atoms with van der Waals surface area (Å²) in [5.74, 6) is -5.88. The van der Waals surface area contributed by atoms with E-state index in [-0.39, 0.29) is 223 Å². The molecule has 2 heterocycles. The van der Waals surface area contributed by atoms with Gasteiger partial charge < -0.3 is 68.8 Å². The first-order chi connectivity index (χ1) is 40.7. The number of azo groups is 2. The molecule has 0 amide bonds. The van der Waals surface area contributed by atoms with Crippen LogP contribution in [0.15, 0.2) is 153 Å². The average Bonchev–Trinajstić information content (AvgIpc) is 0.755. The Morgan fingerprint density at radius 1 is 0.427 bits per heavy atom. The number of nitrogens with two attached hydrogens (primary N) is 1. The SMILES string of the molecule is Nc1nc(Cl)nc(Nc2cc(S(=O)(=O)[O-])cc3cc(S(=O)(=O)[O-])c(N=Nc4cc(S(=O)(=O)[O-])ccc4[O-])c([O-])c23)n1.O=S(=O)([O-])c1ccc([O-])c(N=Nc2c(S(=O)(=O)[O-])cc3cc(S(=O)(=O)[O-])cc(Nc4nc(Cl)nc(Oc5ccccc5)n4)c3c2[O-])c1.[Cu+2].[Cu+].[Na+].[Na+].[Na+].[Na+].[Na+].[Na+]. The Bertz CT molecular complexity index is 5210. The molecule has 0 bridgehead atoms. The van der Waals surface area contributed by atoms with E-state index < -0.39 is 197 Å². The third-order valence-corrected chi connectivity index (χ3v) is 16.3. The number of nitrogen functional groups attached to an aromatic ring is 1. The van der Waals surface area contributed by atoms with Crippen LogP contribution in [-0.2, 0) is 94.8 Å². The van der Waals surface area contributed by atoms with Crippen molar-refractivity contribution in [2.45, 2.75) is 29.4 Å². The molecule has 9 aromatic rings. The maximum absolute atomic E-state index is 13.7. The summed E-state index contributed by atoms with van der Waals surface area (Å²) in [6.07, 6.45) is 0. The number of aromatic nitrogens is 6. The molecule has 2 aromatic heterocycles. The van der Waals surface area contributed by atoms with Gasteiger partial charge in [-0.1, -0.05) is 53.3 Å². The molecule has 0 spiro atoms. The summed E-state index contributed by atoms with van der Waals surface area (Å²) in [6, 6.07) is 14.9. The Morgan fingerprint density at radius 2 is 0.792 bits per heavy atom. The smallest absolute Gasteiger partial charge is 0.871 e. The summed E-state index contributed by atoms with van der Waals surface area (Å²) in [4.78, 5) is 16.0. The molecule has 0 fully saturated rings. The first-order valence-corrected chi connectivity index (χ1v) is 31.7. The van der Waals surface area contributed by atoms with Gasteiger partial charge in [0.1, 0.15) is 66.5 Å². The monoisotopic (exact) mass is 1620 g/mol. The largest absolute Gasteiger partial charge is 2.00 e. The topological polar surface area (TPSA) is 622 Å². The maximum Gasteiger partial charge on any atom is 2.00 e. The molecule has 4 N–H and O–H groups in total. The molecule has 0 unspecified atom stereocenters. The van der Waals surface area contributed by atoms with Crippen molar-refractivity contribution in [3.63, 3.8) is 0 Å². The van der Waals surface area contributed by atoms with Crippen molar-refractivity contribution in [2.24, 2.45) is 20.5 Å². The Morgan fingerprint density at radius 3 is 1.15 bits per heavy atom. The van der Waals surface area contributed by atoms with Gasteiger partial charge in [-0.15, -0.1) is 10.2 Å². The number of para-hydroxylation sites is 1. The van der Waals surface area contributed by atoms with E-state index in [0.717, 1.165) is 0 Å². The molecule has 0 atom stereocenters. The third-order valence-electron chi connectivity index (χ3n) is 10.9. The number of ether oxygens (including phenoxy) is 1. The molecule has 96 heavy (non-hydrogen) atoms. The van der Waals surface area contributed by atoms with Gasteiger partial charge in [-0.2, -0.15) is 40.1 Å². The molecule has 0 aliphatic carbocycles. The molecular weight excluding hydrogens is 1610 g/mol. The standard InChI is InChI=1S/C25H17ClN6O12S3.C19H14ClN7O11S3.2Cu.6Na/c26-23-28-24(30-25(29-23)44-13-4-2-1-3-5-13)27-17-11-15(46(38,39)40)8-12-9-19(47(41,42)43)21(22(34)20(12)17)32-31-16-10-14(45(35,36)37)6-7-18(16)33;20-17-23-18(21)25-19(24-17)22-11-6-9(40(33,34)35)3-7-4-13(41(36,37)38)15(16(29)14(7)11)27-26-10-5-8(39(30,31)32)1-2-12(10)28;;;;;;;;/h1-11,33-34H,(H,35,36,37)(H,38,39,40)(H,41,42,43)(H,27,28,29,30);1-6,28-29H,(H,30,31,32)(H,33,34,35)(H,36,37,38)(H3,21,22,23,24,25);;;;;;;;/q;;+1;+2;6*+1/p-10. The number of hydrogen-bond acceptors (Lipinski definition) is 36. The first kappa shape index (κ1) is 93.8. The summed E-state index contributed by atoms with van der Waals surface area (Å²) in [5, 5.41) is 66.8. The molecule has 1 radical (unpaired) electrons. The van der Waals surface area contributed by atoms with Crippen LogP contribution in [0.4, 0.5) is 52.0 Å². The Kier molecular flexibility index (Phi) is 36.4. The van der Waals surface area contributed by atoms with E-state index in [0.29, 0.717) is 72.8 Å². The zero-order valence-electron chi connectivity index (χ0n) is 48.6.